The Morgan fingerprint density at radius 2 is 1.89 bits per heavy atom. The van der Waals surface area contributed by atoms with Gasteiger partial charge in [0.15, 0.2) is 0 Å². The fraction of sp³-hybridized carbons (Fsp3) is 0.625. The van der Waals surface area contributed by atoms with Gasteiger partial charge in [0.1, 0.15) is 0 Å². The second-order valence-corrected chi connectivity index (χ2v) is 6.26. The molecule has 1 aromatic rings. The molecule has 0 amide bonds. The van der Waals surface area contributed by atoms with Crippen molar-refractivity contribution >= 4 is 23.2 Å². The Morgan fingerprint density at radius 3 is 2.53 bits per heavy atom. The van der Waals surface area contributed by atoms with Crippen molar-refractivity contribution in [1.82, 2.24) is 5.32 Å². The maximum absolute atomic E-state index is 6.34. The van der Waals surface area contributed by atoms with Crippen molar-refractivity contribution in [2.45, 2.75) is 52.5 Å². The summed E-state index contributed by atoms with van der Waals surface area (Å²) in [7, 11) is 0. The van der Waals surface area contributed by atoms with Crippen LogP contribution in [0.3, 0.4) is 0 Å². The lowest BCUT2D eigenvalue weighted by molar-refractivity contribution is 0.448. The standard InChI is InChI=1S/C16H25Cl2N/c1-4-11-19-15(10-5-7-12(2)3)13-8-6-9-14(17)16(13)18/h6,8-9,12,15,19H,4-5,7,10-11H2,1-3H3. The van der Waals surface area contributed by atoms with Crippen molar-refractivity contribution in [3.63, 3.8) is 0 Å². The van der Waals surface area contributed by atoms with E-state index in [1.54, 1.807) is 0 Å². The molecule has 0 aliphatic heterocycles. The van der Waals surface area contributed by atoms with E-state index < -0.39 is 0 Å². The second kappa shape index (κ2) is 8.84. The Morgan fingerprint density at radius 1 is 1.16 bits per heavy atom. The van der Waals surface area contributed by atoms with Crippen LogP contribution in [0.4, 0.5) is 0 Å². The van der Waals surface area contributed by atoms with E-state index in [9.17, 15) is 0 Å². The summed E-state index contributed by atoms with van der Waals surface area (Å²) in [6.07, 6.45) is 4.70. The van der Waals surface area contributed by atoms with E-state index in [0.29, 0.717) is 16.1 Å². The minimum absolute atomic E-state index is 0.310. The molecular formula is C16H25Cl2N. The van der Waals surface area contributed by atoms with Gasteiger partial charge in [0.2, 0.25) is 0 Å². The number of nitrogens with one attached hydrogen (secondary N) is 1. The van der Waals surface area contributed by atoms with Crippen molar-refractivity contribution in [3.8, 4) is 0 Å². The molecule has 0 saturated carbocycles. The molecule has 1 nitrogen and oxygen atoms in total. The monoisotopic (exact) mass is 301 g/mol. The zero-order chi connectivity index (χ0) is 14.3. The van der Waals surface area contributed by atoms with Gasteiger partial charge in [0, 0.05) is 6.04 Å². The van der Waals surface area contributed by atoms with Crippen LogP contribution in [0.2, 0.25) is 10.0 Å². The van der Waals surface area contributed by atoms with Crippen molar-refractivity contribution in [2.75, 3.05) is 6.54 Å². The zero-order valence-corrected chi connectivity index (χ0v) is 13.7. The van der Waals surface area contributed by atoms with Crippen molar-refractivity contribution in [3.05, 3.63) is 33.8 Å². The maximum atomic E-state index is 6.34. The minimum Gasteiger partial charge on any atom is -0.310 e. The van der Waals surface area contributed by atoms with Crippen LogP contribution in [-0.2, 0) is 0 Å². The van der Waals surface area contributed by atoms with Crippen molar-refractivity contribution in [2.24, 2.45) is 5.92 Å². The smallest absolute Gasteiger partial charge is 0.0640 e. The molecular weight excluding hydrogens is 277 g/mol. The quantitative estimate of drug-likeness (QED) is 0.634. The number of hydrogen-bond acceptors (Lipinski definition) is 1. The number of rotatable bonds is 8. The third kappa shape index (κ3) is 5.72. The van der Waals surface area contributed by atoms with Crippen LogP contribution >= 0.6 is 23.2 Å². The lowest BCUT2D eigenvalue weighted by Gasteiger charge is -2.21. The predicted octanol–water partition coefficient (Wildman–Crippen LogP) is 5.86. The van der Waals surface area contributed by atoms with Gasteiger partial charge in [-0.25, -0.2) is 0 Å². The molecule has 0 aliphatic carbocycles. The number of benzene rings is 1. The molecule has 0 aromatic heterocycles. The molecule has 0 fully saturated rings. The molecule has 0 heterocycles. The number of halogens is 2. The fourth-order valence-corrected chi connectivity index (χ4v) is 2.65. The first-order valence-corrected chi connectivity index (χ1v) is 7.99. The van der Waals surface area contributed by atoms with Crippen molar-refractivity contribution in [1.29, 1.82) is 0 Å². The largest absolute Gasteiger partial charge is 0.310 e. The summed E-state index contributed by atoms with van der Waals surface area (Å²) in [4.78, 5) is 0. The molecule has 1 N–H and O–H groups in total. The van der Waals surface area contributed by atoms with Gasteiger partial charge in [0.05, 0.1) is 10.0 Å². The highest BCUT2D eigenvalue weighted by Gasteiger charge is 2.15. The van der Waals surface area contributed by atoms with Crippen LogP contribution in [-0.4, -0.2) is 6.54 Å². The molecule has 1 aromatic carbocycles. The summed E-state index contributed by atoms with van der Waals surface area (Å²) < 4.78 is 0. The highest BCUT2D eigenvalue weighted by Crippen LogP contribution is 2.32. The Labute approximate surface area is 127 Å². The molecule has 19 heavy (non-hydrogen) atoms. The first-order valence-electron chi connectivity index (χ1n) is 7.23. The van der Waals surface area contributed by atoms with E-state index in [-0.39, 0.29) is 0 Å². The average Bonchev–Trinajstić information content (AvgIpc) is 2.37. The van der Waals surface area contributed by atoms with E-state index in [1.165, 1.54) is 12.8 Å². The fourth-order valence-electron chi connectivity index (χ4n) is 2.21. The Kier molecular flexibility index (Phi) is 7.82. The Hall–Kier alpha value is -0.240. The van der Waals surface area contributed by atoms with E-state index in [4.69, 9.17) is 23.2 Å². The van der Waals surface area contributed by atoms with E-state index >= 15 is 0 Å². The van der Waals surface area contributed by atoms with Gasteiger partial charge in [-0.3, -0.25) is 0 Å². The summed E-state index contributed by atoms with van der Waals surface area (Å²) in [5.74, 6) is 0.752. The topological polar surface area (TPSA) is 12.0 Å². The van der Waals surface area contributed by atoms with Gasteiger partial charge in [-0.1, -0.05) is 68.9 Å². The summed E-state index contributed by atoms with van der Waals surface area (Å²) >= 11 is 12.5. The normalized spacial score (nSPS) is 12.9. The van der Waals surface area contributed by atoms with E-state index in [1.807, 2.05) is 12.1 Å². The first-order chi connectivity index (χ1) is 9.06. The molecule has 1 unspecified atom stereocenters. The highest BCUT2D eigenvalue weighted by atomic mass is 35.5. The van der Waals surface area contributed by atoms with Crippen LogP contribution in [0.1, 0.15) is 58.1 Å². The van der Waals surface area contributed by atoms with Gasteiger partial charge in [-0.2, -0.15) is 0 Å². The molecule has 1 rings (SSSR count). The first kappa shape index (κ1) is 16.8. The van der Waals surface area contributed by atoms with Gasteiger partial charge < -0.3 is 5.32 Å². The average molecular weight is 302 g/mol. The number of hydrogen-bond donors (Lipinski definition) is 1. The molecule has 0 saturated heterocycles. The Balaban J connectivity index is 2.74. The van der Waals surface area contributed by atoms with Crippen molar-refractivity contribution < 1.29 is 0 Å². The third-order valence-corrected chi connectivity index (χ3v) is 4.11. The third-order valence-electron chi connectivity index (χ3n) is 3.27. The van der Waals surface area contributed by atoms with E-state index in [0.717, 1.165) is 30.9 Å². The molecule has 1 atom stereocenters. The summed E-state index contributed by atoms with van der Waals surface area (Å²) in [6.45, 7) is 7.72. The minimum atomic E-state index is 0.310. The second-order valence-electron chi connectivity index (χ2n) is 5.47. The van der Waals surface area contributed by atoms with Crippen LogP contribution in [0.25, 0.3) is 0 Å². The van der Waals surface area contributed by atoms with Gasteiger partial charge >= 0.3 is 0 Å². The maximum Gasteiger partial charge on any atom is 0.0640 e. The summed E-state index contributed by atoms with van der Waals surface area (Å²) in [6, 6.07) is 6.21. The molecule has 0 spiro atoms. The van der Waals surface area contributed by atoms with Gasteiger partial charge in [-0.15, -0.1) is 0 Å². The SMILES string of the molecule is CCCNC(CCCC(C)C)c1cccc(Cl)c1Cl. The zero-order valence-electron chi connectivity index (χ0n) is 12.2. The highest BCUT2D eigenvalue weighted by molar-refractivity contribution is 6.42. The van der Waals surface area contributed by atoms with Crippen LogP contribution in [0, 0.1) is 5.92 Å². The van der Waals surface area contributed by atoms with Crippen LogP contribution < -0.4 is 5.32 Å². The predicted molar refractivity (Wildman–Crippen MR) is 86.2 cm³/mol. The lowest BCUT2D eigenvalue weighted by Crippen LogP contribution is -2.22. The molecule has 3 heteroatoms. The van der Waals surface area contributed by atoms with Crippen LogP contribution in [0.5, 0.6) is 0 Å². The lowest BCUT2D eigenvalue weighted by atomic mass is 9.98. The van der Waals surface area contributed by atoms with Gasteiger partial charge in [0.25, 0.3) is 0 Å². The van der Waals surface area contributed by atoms with Gasteiger partial charge in [-0.05, 0) is 36.9 Å². The summed E-state index contributed by atoms with van der Waals surface area (Å²) in [5.41, 5.74) is 1.13. The molecule has 0 bridgehead atoms. The Bertz CT molecular complexity index is 377. The summed E-state index contributed by atoms with van der Waals surface area (Å²) in [5, 5.41) is 4.93. The molecule has 108 valence electrons. The molecule has 0 aliphatic rings. The molecule has 0 radical (unpaired) electrons. The van der Waals surface area contributed by atoms with Crippen LogP contribution in [0.15, 0.2) is 18.2 Å². The van der Waals surface area contributed by atoms with E-state index in [2.05, 4.69) is 32.2 Å².